The Morgan fingerprint density at radius 1 is 1.22 bits per heavy atom. The van der Waals surface area contributed by atoms with Gasteiger partial charge in [-0.3, -0.25) is 9.78 Å². The molecule has 1 aromatic carbocycles. The summed E-state index contributed by atoms with van der Waals surface area (Å²) in [4.78, 5) is 19.2. The number of hydrogen-bond donors (Lipinski definition) is 0. The fourth-order valence-electron chi connectivity index (χ4n) is 3.83. The SMILES string of the molecule is Cc1cc(C)c2c(n1)CN(C(=O)C[C@@H]1C[C@H]1c1ccccc1)C2. The Morgan fingerprint density at radius 2 is 2.00 bits per heavy atom. The lowest BCUT2D eigenvalue weighted by Crippen LogP contribution is -2.25. The van der Waals surface area contributed by atoms with Crippen LogP contribution in [0.1, 0.15) is 46.8 Å². The Kier molecular flexibility index (Phi) is 3.44. The molecular weight excluding hydrogens is 284 g/mol. The van der Waals surface area contributed by atoms with E-state index in [0.717, 1.165) is 24.4 Å². The Bertz CT molecular complexity index is 754. The van der Waals surface area contributed by atoms with Crippen LogP contribution in [0.15, 0.2) is 36.4 Å². The number of carbonyl (C=O) groups is 1. The third kappa shape index (κ3) is 2.76. The molecule has 1 aliphatic carbocycles. The first kappa shape index (κ1) is 14.4. The highest BCUT2D eigenvalue weighted by Crippen LogP contribution is 2.49. The highest BCUT2D eigenvalue weighted by atomic mass is 16.2. The number of aryl methyl sites for hydroxylation is 2. The van der Waals surface area contributed by atoms with E-state index in [1.807, 2.05) is 17.9 Å². The molecule has 0 unspecified atom stereocenters. The number of carbonyl (C=O) groups excluding carboxylic acids is 1. The second-order valence-corrected chi connectivity index (χ2v) is 6.97. The molecule has 23 heavy (non-hydrogen) atoms. The molecule has 2 atom stereocenters. The van der Waals surface area contributed by atoms with Gasteiger partial charge in [0, 0.05) is 18.7 Å². The van der Waals surface area contributed by atoms with Crippen LogP contribution in [0.5, 0.6) is 0 Å². The third-order valence-corrected chi connectivity index (χ3v) is 5.19. The van der Waals surface area contributed by atoms with Crippen molar-refractivity contribution in [3.63, 3.8) is 0 Å². The first-order valence-electron chi connectivity index (χ1n) is 8.40. The lowest BCUT2D eigenvalue weighted by molar-refractivity contribution is -0.132. The van der Waals surface area contributed by atoms with Gasteiger partial charge in [-0.15, -0.1) is 0 Å². The molecule has 4 rings (SSSR count). The van der Waals surface area contributed by atoms with Gasteiger partial charge in [0.05, 0.1) is 12.2 Å². The molecule has 0 radical (unpaired) electrons. The molecule has 1 fully saturated rings. The summed E-state index contributed by atoms with van der Waals surface area (Å²) in [6.07, 6.45) is 1.82. The molecule has 0 spiro atoms. The average Bonchev–Trinajstić information content (AvgIpc) is 3.15. The predicted molar refractivity (Wildman–Crippen MR) is 89.9 cm³/mol. The number of rotatable bonds is 3. The first-order valence-corrected chi connectivity index (χ1v) is 8.40. The summed E-state index contributed by atoms with van der Waals surface area (Å²) in [5.74, 6) is 1.38. The Balaban J connectivity index is 1.40. The normalized spacial score (nSPS) is 22.1. The van der Waals surface area contributed by atoms with Gasteiger partial charge in [0.1, 0.15) is 0 Å². The molecular formula is C20H22N2O. The van der Waals surface area contributed by atoms with Crippen LogP contribution in [0.4, 0.5) is 0 Å². The van der Waals surface area contributed by atoms with Crippen LogP contribution in [0.2, 0.25) is 0 Å². The van der Waals surface area contributed by atoms with Crippen molar-refractivity contribution in [3.05, 3.63) is 64.5 Å². The lowest BCUT2D eigenvalue weighted by Gasteiger charge is -2.15. The maximum atomic E-state index is 12.6. The number of fused-ring (bicyclic) bond motifs is 1. The van der Waals surface area contributed by atoms with Gasteiger partial charge in [-0.05, 0) is 54.9 Å². The monoisotopic (exact) mass is 306 g/mol. The molecule has 2 aliphatic rings. The number of aromatic nitrogens is 1. The van der Waals surface area contributed by atoms with Crippen molar-refractivity contribution in [2.24, 2.45) is 5.92 Å². The summed E-state index contributed by atoms with van der Waals surface area (Å²) in [7, 11) is 0. The third-order valence-electron chi connectivity index (χ3n) is 5.19. The van der Waals surface area contributed by atoms with Crippen molar-refractivity contribution in [2.75, 3.05) is 0 Å². The number of benzene rings is 1. The summed E-state index contributed by atoms with van der Waals surface area (Å²) in [5.41, 5.74) is 6.02. The smallest absolute Gasteiger partial charge is 0.223 e. The predicted octanol–water partition coefficient (Wildman–Crippen LogP) is 3.73. The lowest BCUT2D eigenvalue weighted by atomic mass is 10.1. The van der Waals surface area contributed by atoms with E-state index in [0.29, 0.717) is 24.8 Å². The maximum absolute atomic E-state index is 12.6. The van der Waals surface area contributed by atoms with Crippen molar-refractivity contribution in [1.82, 2.24) is 9.88 Å². The number of hydrogen-bond acceptors (Lipinski definition) is 2. The van der Waals surface area contributed by atoms with E-state index in [2.05, 4.69) is 42.2 Å². The van der Waals surface area contributed by atoms with Gasteiger partial charge in [-0.2, -0.15) is 0 Å². The zero-order chi connectivity index (χ0) is 16.0. The summed E-state index contributed by atoms with van der Waals surface area (Å²) >= 11 is 0. The maximum Gasteiger partial charge on any atom is 0.223 e. The molecule has 1 amide bonds. The Hall–Kier alpha value is -2.16. The fraction of sp³-hybridized carbons (Fsp3) is 0.400. The molecule has 0 saturated heterocycles. The first-order chi connectivity index (χ1) is 11.1. The summed E-state index contributed by atoms with van der Waals surface area (Å²) in [5, 5.41) is 0. The second kappa shape index (κ2) is 5.48. The summed E-state index contributed by atoms with van der Waals surface area (Å²) in [6, 6.07) is 12.7. The van der Waals surface area contributed by atoms with Gasteiger partial charge >= 0.3 is 0 Å². The highest BCUT2D eigenvalue weighted by molar-refractivity contribution is 5.77. The summed E-state index contributed by atoms with van der Waals surface area (Å²) < 4.78 is 0. The van der Waals surface area contributed by atoms with Crippen molar-refractivity contribution in [1.29, 1.82) is 0 Å². The van der Waals surface area contributed by atoms with Crippen LogP contribution in [0.25, 0.3) is 0 Å². The quantitative estimate of drug-likeness (QED) is 0.865. The molecule has 1 aromatic heterocycles. The van der Waals surface area contributed by atoms with Gasteiger partial charge < -0.3 is 4.90 Å². The van der Waals surface area contributed by atoms with Crippen LogP contribution in [0.3, 0.4) is 0 Å². The van der Waals surface area contributed by atoms with E-state index in [9.17, 15) is 4.79 Å². The van der Waals surface area contributed by atoms with Gasteiger partial charge in [0.25, 0.3) is 0 Å². The van der Waals surface area contributed by atoms with Crippen LogP contribution < -0.4 is 0 Å². The van der Waals surface area contributed by atoms with Crippen molar-refractivity contribution in [3.8, 4) is 0 Å². The molecule has 1 saturated carbocycles. The topological polar surface area (TPSA) is 33.2 Å². The number of amides is 1. The van der Waals surface area contributed by atoms with Gasteiger partial charge in [-0.25, -0.2) is 0 Å². The average molecular weight is 306 g/mol. The highest BCUT2D eigenvalue weighted by Gasteiger charge is 2.40. The van der Waals surface area contributed by atoms with Crippen LogP contribution in [0, 0.1) is 19.8 Å². The molecule has 1 aliphatic heterocycles. The van der Waals surface area contributed by atoms with Crippen LogP contribution >= 0.6 is 0 Å². The van der Waals surface area contributed by atoms with Crippen molar-refractivity contribution >= 4 is 5.91 Å². The number of nitrogens with zero attached hydrogens (tertiary/aromatic N) is 2. The Labute approximate surface area is 137 Å². The van der Waals surface area contributed by atoms with E-state index in [1.165, 1.54) is 16.7 Å². The molecule has 3 nitrogen and oxygen atoms in total. The molecule has 3 heteroatoms. The molecule has 118 valence electrons. The minimum atomic E-state index is 0.281. The van der Waals surface area contributed by atoms with Gasteiger partial charge in [0.2, 0.25) is 5.91 Å². The minimum Gasteiger partial charge on any atom is -0.332 e. The molecule has 2 aromatic rings. The molecule has 0 N–H and O–H groups in total. The molecule has 0 bridgehead atoms. The van der Waals surface area contributed by atoms with Crippen molar-refractivity contribution < 1.29 is 4.79 Å². The van der Waals surface area contributed by atoms with Crippen LogP contribution in [-0.4, -0.2) is 15.8 Å². The van der Waals surface area contributed by atoms with E-state index < -0.39 is 0 Å². The van der Waals surface area contributed by atoms with E-state index in [1.54, 1.807) is 0 Å². The zero-order valence-corrected chi connectivity index (χ0v) is 13.7. The van der Waals surface area contributed by atoms with Gasteiger partial charge in [-0.1, -0.05) is 30.3 Å². The fourth-order valence-corrected chi connectivity index (χ4v) is 3.83. The molecule has 2 heterocycles. The number of pyridine rings is 1. The van der Waals surface area contributed by atoms with E-state index >= 15 is 0 Å². The van der Waals surface area contributed by atoms with Crippen LogP contribution in [-0.2, 0) is 17.9 Å². The minimum absolute atomic E-state index is 0.281. The largest absolute Gasteiger partial charge is 0.332 e. The summed E-state index contributed by atoms with van der Waals surface area (Å²) in [6.45, 7) is 5.55. The van der Waals surface area contributed by atoms with Gasteiger partial charge in [0.15, 0.2) is 0 Å². The van der Waals surface area contributed by atoms with E-state index in [-0.39, 0.29) is 5.91 Å². The Morgan fingerprint density at radius 3 is 2.78 bits per heavy atom. The van der Waals surface area contributed by atoms with Crippen molar-refractivity contribution in [2.45, 2.75) is 45.7 Å². The standard InChI is InChI=1S/C20H22N2O/c1-13-8-14(2)21-19-12-22(11-18(13)19)20(23)10-16-9-17(16)15-6-4-3-5-7-15/h3-8,16-17H,9-12H2,1-2H3/t16-,17-/m0/s1. The van der Waals surface area contributed by atoms with E-state index in [4.69, 9.17) is 0 Å². The zero-order valence-electron chi connectivity index (χ0n) is 13.7. The second-order valence-electron chi connectivity index (χ2n) is 6.97.